The monoisotopic (exact) mass is 315 g/mol. The van der Waals surface area contributed by atoms with Crippen LogP contribution in [0.2, 0.25) is 0 Å². The SMILES string of the molecule is CCCOc1ccc(N2CC(CS(=O)(=O)F)CC2=O)cc1. The Labute approximate surface area is 123 Å². The number of hydrogen-bond acceptors (Lipinski definition) is 4. The van der Waals surface area contributed by atoms with E-state index in [0.717, 1.165) is 12.2 Å². The molecular formula is C14H18FNO4S. The van der Waals surface area contributed by atoms with Gasteiger partial charge in [-0.2, -0.15) is 8.42 Å². The number of carbonyl (C=O) groups is 1. The van der Waals surface area contributed by atoms with E-state index in [1.54, 1.807) is 24.3 Å². The summed E-state index contributed by atoms with van der Waals surface area (Å²) < 4.78 is 39.5. The number of rotatable bonds is 6. The zero-order valence-corrected chi connectivity index (χ0v) is 12.6. The zero-order valence-electron chi connectivity index (χ0n) is 11.8. The van der Waals surface area contributed by atoms with Crippen LogP contribution in [0.4, 0.5) is 9.57 Å². The third-order valence-electron chi connectivity index (χ3n) is 3.26. The molecule has 0 bridgehead atoms. The lowest BCUT2D eigenvalue weighted by molar-refractivity contribution is -0.117. The Hall–Kier alpha value is -1.63. The number of nitrogens with zero attached hydrogens (tertiary/aromatic N) is 1. The number of anilines is 1. The van der Waals surface area contributed by atoms with Crippen LogP contribution in [-0.4, -0.2) is 33.2 Å². The Morgan fingerprint density at radius 3 is 2.57 bits per heavy atom. The molecule has 0 spiro atoms. The predicted octanol–water partition coefficient (Wildman–Crippen LogP) is 2.13. The number of amides is 1. The fourth-order valence-electron chi connectivity index (χ4n) is 2.37. The second-order valence-corrected chi connectivity index (χ2v) is 6.53. The smallest absolute Gasteiger partial charge is 0.302 e. The third kappa shape index (κ3) is 4.42. The lowest BCUT2D eigenvalue weighted by atomic mass is 10.1. The Morgan fingerprint density at radius 1 is 1.33 bits per heavy atom. The largest absolute Gasteiger partial charge is 0.494 e. The summed E-state index contributed by atoms with van der Waals surface area (Å²) in [5.41, 5.74) is 0.669. The van der Waals surface area contributed by atoms with Crippen LogP contribution >= 0.6 is 0 Å². The van der Waals surface area contributed by atoms with Gasteiger partial charge in [-0.05, 0) is 30.7 Å². The summed E-state index contributed by atoms with van der Waals surface area (Å²) >= 11 is 0. The lowest BCUT2D eigenvalue weighted by Gasteiger charge is -2.17. The number of halogens is 1. The van der Waals surface area contributed by atoms with Crippen molar-refractivity contribution in [3.8, 4) is 5.75 Å². The van der Waals surface area contributed by atoms with Gasteiger partial charge in [0.05, 0.1) is 12.4 Å². The van der Waals surface area contributed by atoms with E-state index < -0.39 is 21.9 Å². The summed E-state index contributed by atoms with van der Waals surface area (Å²) in [7, 11) is -4.55. The average molecular weight is 315 g/mol. The van der Waals surface area contributed by atoms with Crippen molar-refractivity contribution >= 4 is 21.8 Å². The molecule has 7 heteroatoms. The first-order valence-corrected chi connectivity index (χ1v) is 8.40. The van der Waals surface area contributed by atoms with Gasteiger partial charge < -0.3 is 9.64 Å². The van der Waals surface area contributed by atoms with Gasteiger partial charge in [-0.3, -0.25) is 4.79 Å². The Balaban J connectivity index is 2.03. The van der Waals surface area contributed by atoms with Gasteiger partial charge >= 0.3 is 10.2 Å². The van der Waals surface area contributed by atoms with E-state index in [4.69, 9.17) is 4.74 Å². The molecule has 21 heavy (non-hydrogen) atoms. The second kappa shape index (κ2) is 6.43. The standard InChI is InChI=1S/C14H18FNO4S/c1-2-7-20-13-5-3-12(4-6-13)16-9-11(8-14(16)17)10-21(15,18)19/h3-6,11H,2,7-10H2,1H3. The minimum absolute atomic E-state index is 0.0528. The van der Waals surface area contributed by atoms with Gasteiger partial charge in [0, 0.05) is 24.6 Å². The normalized spacial score (nSPS) is 19.0. The molecule has 1 saturated heterocycles. The number of ether oxygens (including phenoxy) is 1. The highest BCUT2D eigenvalue weighted by molar-refractivity contribution is 7.86. The Bertz CT molecular complexity index is 600. The van der Waals surface area contributed by atoms with Gasteiger partial charge in [-0.1, -0.05) is 6.92 Å². The minimum Gasteiger partial charge on any atom is -0.494 e. The van der Waals surface area contributed by atoms with Gasteiger partial charge in [-0.15, -0.1) is 3.89 Å². The third-order valence-corrected chi connectivity index (χ3v) is 4.13. The Kier molecular flexibility index (Phi) is 4.82. The molecule has 1 fully saturated rings. The Morgan fingerprint density at radius 2 is 2.00 bits per heavy atom. The summed E-state index contributed by atoms with van der Waals surface area (Å²) in [5.74, 6) is -0.572. The van der Waals surface area contributed by atoms with Gasteiger partial charge in [0.1, 0.15) is 5.75 Å². The topological polar surface area (TPSA) is 63.7 Å². The zero-order chi connectivity index (χ0) is 15.5. The first-order valence-electron chi connectivity index (χ1n) is 6.84. The van der Waals surface area contributed by atoms with Crippen molar-refractivity contribution in [2.45, 2.75) is 19.8 Å². The highest BCUT2D eigenvalue weighted by Crippen LogP contribution is 2.27. The molecule has 0 aliphatic carbocycles. The van der Waals surface area contributed by atoms with Crippen LogP contribution in [0, 0.1) is 5.92 Å². The summed E-state index contributed by atoms with van der Waals surface area (Å²) in [6.07, 6.45) is 0.961. The maximum Gasteiger partial charge on any atom is 0.302 e. The van der Waals surface area contributed by atoms with Gasteiger partial charge in [0.2, 0.25) is 5.91 Å². The first kappa shape index (κ1) is 15.8. The molecule has 116 valence electrons. The predicted molar refractivity (Wildman–Crippen MR) is 77.6 cm³/mol. The van der Waals surface area contributed by atoms with Crippen LogP contribution < -0.4 is 9.64 Å². The molecule has 0 saturated carbocycles. The molecule has 1 aromatic rings. The molecule has 1 aliphatic heterocycles. The van der Waals surface area contributed by atoms with Crippen molar-refractivity contribution in [3.63, 3.8) is 0 Å². The van der Waals surface area contributed by atoms with E-state index in [0.29, 0.717) is 12.3 Å². The van der Waals surface area contributed by atoms with Gasteiger partial charge in [0.25, 0.3) is 0 Å². The van der Waals surface area contributed by atoms with Crippen molar-refractivity contribution in [3.05, 3.63) is 24.3 Å². The van der Waals surface area contributed by atoms with Crippen LogP contribution in [0.25, 0.3) is 0 Å². The van der Waals surface area contributed by atoms with Crippen molar-refractivity contribution in [1.29, 1.82) is 0 Å². The van der Waals surface area contributed by atoms with Crippen LogP contribution in [0.15, 0.2) is 24.3 Å². The van der Waals surface area contributed by atoms with Gasteiger partial charge in [-0.25, -0.2) is 0 Å². The highest BCUT2D eigenvalue weighted by atomic mass is 32.3. The number of carbonyl (C=O) groups excluding carboxylic acids is 1. The second-order valence-electron chi connectivity index (χ2n) is 5.12. The molecule has 1 heterocycles. The van der Waals surface area contributed by atoms with E-state index >= 15 is 0 Å². The molecule has 1 atom stereocenters. The quantitative estimate of drug-likeness (QED) is 0.754. The fourth-order valence-corrected chi connectivity index (χ4v) is 3.15. The summed E-state index contributed by atoms with van der Waals surface area (Å²) in [6.45, 7) is 2.85. The van der Waals surface area contributed by atoms with E-state index in [1.807, 2.05) is 6.92 Å². The minimum atomic E-state index is -4.55. The molecule has 1 aliphatic rings. The first-order chi connectivity index (χ1) is 9.89. The summed E-state index contributed by atoms with van der Waals surface area (Å²) in [5, 5.41) is 0. The molecule has 5 nitrogen and oxygen atoms in total. The molecule has 0 N–H and O–H groups in total. The molecule has 1 amide bonds. The summed E-state index contributed by atoms with van der Waals surface area (Å²) in [6, 6.07) is 7.01. The number of hydrogen-bond donors (Lipinski definition) is 0. The van der Waals surface area contributed by atoms with Crippen molar-refractivity contribution in [2.24, 2.45) is 5.92 Å². The molecule has 1 aromatic carbocycles. The van der Waals surface area contributed by atoms with Crippen LogP contribution in [-0.2, 0) is 15.0 Å². The van der Waals surface area contributed by atoms with Crippen LogP contribution in [0.3, 0.4) is 0 Å². The van der Waals surface area contributed by atoms with Crippen LogP contribution in [0.1, 0.15) is 19.8 Å². The van der Waals surface area contributed by atoms with Crippen molar-refractivity contribution < 1.29 is 21.8 Å². The summed E-state index contributed by atoms with van der Waals surface area (Å²) in [4.78, 5) is 13.4. The van der Waals surface area contributed by atoms with E-state index in [9.17, 15) is 17.1 Å². The number of benzene rings is 1. The molecule has 0 radical (unpaired) electrons. The average Bonchev–Trinajstić information content (AvgIpc) is 2.75. The maximum atomic E-state index is 12.7. The van der Waals surface area contributed by atoms with Crippen molar-refractivity contribution in [1.82, 2.24) is 0 Å². The van der Waals surface area contributed by atoms with E-state index in [2.05, 4.69) is 0 Å². The van der Waals surface area contributed by atoms with E-state index in [1.165, 1.54) is 4.90 Å². The highest BCUT2D eigenvalue weighted by Gasteiger charge is 2.33. The molecule has 0 aromatic heterocycles. The molecular weight excluding hydrogens is 297 g/mol. The van der Waals surface area contributed by atoms with Crippen LogP contribution in [0.5, 0.6) is 5.75 Å². The van der Waals surface area contributed by atoms with E-state index in [-0.39, 0.29) is 18.9 Å². The van der Waals surface area contributed by atoms with Crippen molar-refractivity contribution in [2.75, 3.05) is 23.8 Å². The van der Waals surface area contributed by atoms with Gasteiger partial charge in [0.15, 0.2) is 0 Å². The molecule has 1 unspecified atom stereocenters. The fraction of sp³-hybridized carbons (Fsp3) is 0.500. The molecule has 2 rings (SSSR count). The maximum absolute atomic E-state index is 12.7. The lowest BCUT2D eigenvalue weighted by Crippen LogP contribution is -2.25.